The Bertz CT molecular complexity index is 703. The van der Waals surface area contributed by atoms with Crippen molar-refractivity contribution in [2.45, 2.75) is 12.3 Å². The van der Waals surface area contributed by atoms with Crippen LogP contribution in [0.1, 0.15) is 17.9 Å². The van der Waals surface area contributed by atoms with Crippen molar-refractivity contribution in [1.29, 1.82) is 0 Å². The number of carbonyl (C=O) groups excluding carboxylic acids is 2. The number of carbonyl (C=O) groups is 2. The highest BCUT2D eigenvalue weighted by Crippen LogP contribution is 2.33. The van der Waals surface area contributed by atoms with E-state index < -0.39 is 11.7 Å². The number of pyridine rings is 1. The highest BCUT2D eigenvalue weighted by molar-refractivity contribution is 6.04. The second-order valence-corrected chi connectivity index (χ2v) is 4.74. The molecule has 1 aromatic heterocycles. The van der Waals surface area contributed by atoms with E-state index in [4.69, 9.17) is 0 Å². The predicted molar refractivity (Wildman–Crippen MR) is 75.3 cm³/mol. The van der Waals surface area contributed by atoms with Crippen LogP contribution >= 0.6 is 0 Å². The number of rotatable bonds is 2. The van der Waals surface area contributed by atoms with Gasteiger partial charge >= 0.3 is 0 Å². The summed E-state index contributed by atoms with van der Waals surface area (Å²) < 4.78 is 13.2. The van der Waals surface area contributed by atoms with Crippen LogP contribution in [0.15, 0.2) is 42.6 Å². The van der Waals surface area contributed by atoms with Crippen molar-refractivity contribution in [1.82, 2.24) is 4.98 Å². The quantitative estimate of drug-likeness (QED) is 0.889. The Morgan fingerprint density at radius 3 is 2.95 bits per heavy atom. The van der Waals surface area contributed by atoms with Crippen LogP contribution in [0, 0.1) is 5.82 Å². The number of aromatic nitrogens is 1. The average molecular weight is 285 g/mol. The van der Waals surface area contributed by atoms with E-state index >= 15 is 0 Å². The molecule has 3 rings (SSSR count). The SMILES string of the molecule is O=C1CC(C(=O)Nc2ccccn2)c2ccc(F)cc2N1. The number of amides is 2. The van der Waals surface area contributed by atoms with Gasteiger partial charge in [-0.05, 0) is 29.8 Å². The van der Waals surface area contributed by atoms with Crippen molar-refractivity contribution in [3.8, 4) is 0 Å². The van der Waals surface area contributed by atoms with Gasteiger partial charge in [-0.15, -0.1) is 0 Å². The summed E-state index contributed by atoms with van der Waals surface area (Å²) in [6.07, 6.45) is 1.59. The number of hydrogen-bond acceptors (Lipinski definition) is 3. The fraction of sp³-hybridized carbons (Fsp3) is 0.133. The molecule has 21 heavy (non-hydrogen) atoms. The Kier molecular flexibility index (Phi) is 3.35. The Morgan fingerprint density at radius 1 is 1.33 bits per heavy atom. The van der Waals surface area contributed by atoms with Crippen LogP contribution in [0.4, 0.5) is 15.9 Å². The number of fused-ring (bicyclic) bond motifs is 1. The predicted octanol–water partition coefficient (Wildman–Crippen LogP) is 2.29. The zero-order valence-electron chi connectivity index (χ0n) is 11.0. The van der Waals surface area contributed by atoms with Crippen molar-refractivity contribution in [3.05, 3.63) is 54.0 Å². The molecule has 0 radical (unpaired) electrons. The van der Waals surface area contributed by atoms with Crippen LogP contribution in [0.25, 0.3) is 0 Å². The lowest BCUT2D eigenvalue weighted by Crippen LogP contribution is -2.31. The van der Waals surface area contributed by atoms with Gasteiger partial charge in [0.25, 0.3) is 0 Å². The fourth-order valence-corrected chi connectivity index (χ4v) is 2.32. The Labute approximate surface area is 120 Å². The monoisotopic (exact) mass is 285 g/mol. The first kappa shape index (κ1) is 13.2. The van der Waals surface area contributed by atoms with Crippen LogP contribution < -0.4 is 10.6 Å². The lowest BCUT2D eigenvalue weighted by atomic mass is 9.89. The molecule has 0 saturated carbocycles. The standard InChI is InChI=1S/C15H12FN3O2/c16-9-4-5-10-11(8-14(20)18-12(10)7-9)15(21)19-13-3-1-2-6-17-13/h1-7,11H,8H2,(H,18,20)(H,17,19,21). The third kappa shape index (κ3) is 2.74. The van der Waals surface area contributed by atoms with Gasteiger partial charge in [-0.25, -0.2) is 9.37 Å². The average Bonchev–Trinajstić information content (AvgIpc) is 2.47. The van der Waals surface area contributed by atoms with Gasteiger partial charge in [-0.1, -0.05) is 12.1 Å². The van der Waals surface area contributed by atoms with E-state index in [1.807, 2.05) is 0 Å². The number of anilines is 2. The molecule has 106 valence electrons. The molecule has 2 heterocycles. The van der Waals surface area contributed by atoms with Crippen molar-refractivity contribution in [2.24, 2.45) is 0 Å². The number of halogens is 1. The summed E-state index contributed by atoms with van der Waals surface area (Å²) in [6, 6.07) is 9.16. The van der Waals surface area contributed by atoms with E-state index in [-0.39, 0.29) is 18.2 Å². The molecule has 2 N–H and O–H groups in total. The summed E-state index contributed by atoms with van der Waals surface area (Å²) in [7, 11) is 0. The molecule has 1 atom stereocenters. The topological polar surface area (TPSA) is 71.1 Å². The highest BCUT2D eigenvalue weighted by Gasteiger charge is 2.31. The smallest absolute Gasteiger partial charge is 0.233 e. The number of nitrogens with one attached hydrogen (secondary N) is 2. The minimum atomic E-state index is -0.656. The molecule has 2 amide bonds. The minimum Gasteiger partial charge on any atom is -0.326 e. The normalized spacial score (nSPS) is 16.8. The van der Waals surface area contributed by atoms with Gasteiger partial charge in [0, 0.05) is 18.3 Å². The summed E-state index contributed by atoms with van der Waals surface area (Å²) in [5, 5.41) is 5.24. The van der Waals surface area contributed by atoms with Crippen molar-refractivity contribution in [2.75, 3.05) is 10.6 Å². The second kappa shape index (κ2) is 5.32. The molecule has 5 nitrogen and oxygen atoms in total. The Balaban J connectivity index is 1.89. The molecule has 0 fully saturated rings. The van der Waals surface area contributed by atoms with Gasteiger partial charge in [-0.2, -0.15) is 0 Å². The highest BCUT2D eigenvalue weighted by atomic mass is 19.1. The summed E-state index contributed by atoms with van der Waals surface area (Å²) >= 11 is 0. The number of nitrogens with zero attached hydrogens (tertiary/aromatic N) is 1. The van der Waals surface area contributed by atoms with Gasteiger partial charge in [0.15, 0.2) is 0 Å². The van der Waals surface area contributed by atoms with Crippen molar-refractivity contribution >= 4 is 23.3 Å². The van der Waals surface area contributed by atoms with E-state index in [2.05, 4.69) is 15.6 Å². The molecular weight excluding hydrogens is 273 g/mol. The van der Waals surface area contributed by atoms with Crippen LogP contribution in [0.2, 0.25) is 0 Å². The van der Waals surface area contributed by atoms with Gasteiger partial charge in [0.2, 0.25) is 11.8 Å². The van der Waals surface area contributed by atoms with Crippen LogP contribution in [0.3, 0.4) is 0 Å². The molecule has 1 aliphatic rings. The summed E-state index contributed by atoms with van der Waals surface area (Å²) in [6.45, 7) is 0. The first-order valence-electron chi connectivity index (χ1n) is 6.44. The summed E-state index contributed by atoms with van der Waals surface area (Å²) in [4.78, 5) is 28.0. The maximum atomic E-state index is 13.2. The Morgan fingerprint density at radius 2 is 2.19 bits per heavy atom. The molecule has 0 spiro atoms. The molecule has 6 heteroatoms. The zero-order chi connectivity index (χ0) is 14.8. The third-order valence-electron chi connectivity index (χ3n) is 3.29. The van der Waals surface area contributed by atoms with Gasteiger partial charge in [0.1, 0.15) is 11.6 Å². The first-order valence-corrected chi connectivity index (χ1v) is 6.44. The van der Waals surface area contributed by atoms with Crippen LogP contribution in [-0.4, -0.2) is 16.8 Å². The minimum absolute atomic E-state index is 0.0251. The molecule has 1 aromatic carbocycles. The van der Waals surface area contributed by atoms with Crippen molar-refractivity contribution in [3.63, 3.8) is 0 Å². The number of hydrogen-bond donors (Lipinski definition) is 2. The zero-order valence-corrected chi connectivity index (χ0v) is 11.0. The van der Waals surface area contributed by atoms with Crippen LogP contribution in [0.5, 0.6) is 0 Å². The van der Waals surface area contributed by atoms with Gasteiger partial charge in [0.05, 0.1) is 5.92 Å². The molecule has 1 unspecified atom stereocenters. The maximum Gasteiger partial charge on any atom is 0.233 e. The lowest BCUT2D eigenvalue weighted by molar-refractivity contribution is -0.123. The summed E-state index contributed by atoms with van der Waals surface area (Å²) in [5.41, 5.74) is 0.942. The molecule has 2 aromatic rings. The van der Waals surface area contributed by atoms with Gasteiger partial charge < -0.3 is 10.6 Å². The first-order chi connectivity index (χ1) is 10.1. The van der Waals surface area contributed by atoms with E-state index in [1.165, 1.54) is 18.2 Å². The molecule has 0 saturated heterocycles. The maximum absolute atomic E-state index is 13.2. The van der Waals surface area contributed by atoms with Gasteiger partial charge in [-0.3, -0.25) is 9.59 Å². The van der Waals surface area contributed by atoms with E-state index in [0.717, 1.165) is 0 Å². The van der Waals surface area contributed by atoms with Crippen molar-refractivity contribution < 1.29 is 14.0 Å². The van der Waals surface area contributed by atoms with Crippen LogP contribution in [-0.2, 0) is 9.59 Å². The van der Waals surface area contributed by atoms with E-state index in [9.17, 15) is 14.0 Å². The molecular formula is C15H12FN3O2. The lowest BCUT2D eigenvalue weighted by Gasteiger charge is -2.24. The third-order valence-corrected chi connectivity index (χ3v) is 3.29. The Hall–Kier alpha value is -2.76. The molecule has 0 bridgehead atoms. The van der Waals surface area contributed by atoms with E-state index in [0.29, 0.717) is 17.1 Å². The number of benzene rings is 1. The molecule has 0 aliphatic carbocycles. The largest absolute Gasteiger partial charge is 0.326 e. The van der Waals surface area contributed by atoms with E-state index in [1.54, 1.807) is 24.4 Å². The molecule has 1 aliphatic heterocycles. The fourth-order valence-electron chi connectivity index (χ4n) is 2.32. The summed E-state index contributed by atoms with van der Waals surface area (Å²) in [5.74, 6) is -1.35. The second-order valence-electron chi connectivity index (χ2n) is 4.74.